The molecular weight excluding hydrogens is 462 g/mol. The second kappa shape index (κ2) is 9.06. The van der Waals surface area contributed by atoms with Gasteiger partial charge in [-0.3, -0.25) is 4.79 Å². The van der Waals surface area contributed by atoms with Crippen LogP contribution in [-0.4, -0.2) is 47.5 Å². The van der Waals surface area contributed by atoms with Crippen molar-refractivity contribution in [1.82, 2.24) is 9.88 Å². The van der Waals surface area contributed by atoms with Crippen LogP contribution in [0.4, 0.5) is 29.1 Å². The van der Waals surface area contributed by atoms with Crippen molar-refractivity contribution in [1.29, 1.82) is 5.26 Å². The molecule has 1 N–H and O–H groups in total. The van der Waals surface area contributed by atoms with Gasteiger partial charge in [0.1, 0.15) is 17.7 Å². The molecule has 0 unspecified atom stereocenters. The van der Waals surface area contributed by atoms with Crippen molar-refractivity contribution in [3.63, 3.8) is 0 Å². The van der Waals surface area contributed by atoms with Crippen LogP contribution in [0.5, 0.6) is 0 Å². The largest absolute Gasteiger partial charge is 0.417 e. The molecule has 6 nitrogen and oxygen atoms in total. The molecule has 174 valence electrons. The van der Waals surface area contributed by atoms with Crippen molar-refractivity contribution in [2.24, 2.45) is 0 Å². The Bertz CT molecular complexity index is 1100. The van der Waals surface area contributed by atoms with Gasteiger partial charge >= 0.3 is 6.18 Å². The minimum Gasteiger partial charge on any atom is -0.371 e. The number of alkyl halides is 3. The van der Waals surface area contributed by atoms with Crippen LogP contribution in [0.15, 0.2) is 30.5 Å². The third-order valence-electron chi connectivity index (χ3n) is 6.02. The van der Waals surface area contributed by atoms with Crippen LogP contribution in [0.2, 0.25) is 5.02 Å². The Kier molecular flexibility index (Phi) is 6.34. The minimum atomic E-state index is -4.51. The fourth-order valence-corrected chi connectivity index (χ4v) is 4.58. The lowest BCUT2D eigenvalue weighted by Crippen LogP contribution is -2.47. The van der Waals surface area contributed by atoms with Crippen LogP contribution in [0.3, 0.4) is 0 Å². The number of amides is 1. The summed E-state index contributed by atoms with van der Waals surface area (Å²) in [5.74, 6) is -0.413. The molecule has 3 heterocycles. The molecule has 2 aromatic rings. The van der Waals surface area contributed by atoms with Gasteiger partial charge in [0.25, 0.3) is 0 Å². The van der Waals surface area contributed by atoms with Crippen molar-refractivity contribution in [3.8, 4) is 6.07 Å². The van der Waals surface area contributed by atoms with E-state index in [2.05, 4.69) is 10.3 Å². The van der Waals surface area contributed by atoms with E-state index in [1.54, 1.807) is 4.90 Å². The fraction of sp³-hybridized carbons (Fsp3) is 0.409. The van der Waals surface area contributed by atoms with E-state index in [4.69, 9.17) is 16.9 Å². The Hall–Kier alpha value is -3.06. The summed E-state index contributed by atoms with van der Waals surface area (Å²) < 4.78 is 52.7. The maximum atomic E-state index is 14.2. The minimum absolute atomic E-state index is 0.0282. The number of rotatable bonds is 4. The Balaban J connectivity index is 1.36. The van der Waals surface area contributed by atoms with E-state index < -0.39 is 23.6 Å². The van der Waals surface area contributed by atoms with E-state index in [0.717, 1.165) is 18.3 Å². The van der Waals surface area contributed by atoms with Crippen molar-refractivity contribution < 1.29 is 22.4 Å². The molecule has 0 radical (unpaired) electrons. The van der Waals surface area contributed by atoms with Crippen LogP contribution in [-0.2, 0) is 11.0 Å². The molecule has 1 aromatic carbocycles. The quantitative estimate of drug-likeness (QED) is 0.653. The highest BCUT2D eigenvalue weighted by atomic mass is 35.5. The van der Waals surface area contributed by atoms with E-state index in [1.165, 1.54) is 12.1 Å². The maximum Gasteiger partial charge on any atom is 0.417 e. The number of halogens is 5. The summed E-state index contributed by atoms with van der Waals surface area (Å²) in [6.45, 7) is 1.52. The summed E-state index contributed by atoms with van der Waals surface area (Å²) in [6.07, 6.45) is -1.99. The van der Waals surface area contributed by atoms with Crippen LogP contribution in [0.25, 0.3) is 0 Å². The second-order valence-electron chi connectivity index (χ2n) is 8.07. The van der Waals surface area contributed by atoms with Gasteiger partial charge in [-0.05, 0) is 43.5 Å². The molecule has 1 amide bonds. The average molecular weight is 482 g/mol. The Morgan fingerprint density at radius 3 is 2.48 bits per heavy atom. The smallest absolute Gasteiger partial charge is 0.371 e. The van der Waals surface area contributed by atoms with Crippen molar-refractivity contribution in [3.05, 3.63) is 52.4 Å². The number of likely N-dealkylation sites (tertiary alicyclic amines) is 1. The molecule has 2 fully saturated rings. The number of nitrogens with one attached hydrogen (secondary N) is 1. The van der Waals surface area contributed by atoms with Gasteiger partial charge in [-0.2, -0.15) is 18.4 Å². The highest BCUT2D eigenvalue weighted by Gasteiger charge is 2.38. The first-order valence-corrected chi connectivity index (χ1v) is 10.8. The first kappa shape index (κ1) is 23.1. The summed E-state index contributed by atoms with van der Waals surface area (Å²) in [7, 11) is 0. The predicted molar refractivity (Wildman–Crippen MR) is 114 cm³/mol. The SMILES string of the molecule is N#Cc1ccc(N[C@H]2CCN(C3CCN(c4ncc(C(F)(F)F)cc4Cl)CC3)C2=O)c(F)c1. The lowest BCUT2D eigenvalue weighted by molar-refractivity contribution is -0.137. The summed E-state index contributed by atoms with van der Waals surface area (Å²) in [6, 6.07) is 6.21. The normalized spacial score (nSPS) is 19.6. The van der Waals surface area contributed by atoms with E-state index >= 15 is 0 Å². The van der Waals surface area contributed by atoms with Gasteiger partial charge in [-0.25, -0.2) is 9.37 Å². The van der Waals surface area contributed by atoms with Crippen LogP contribution >= 0.6 is 11.6 Å². The Morgan fingerprint density at radius 2 is 1.88 bits per heavy atom. The number of piperidine rings is 1. The number of pyridine rings is 1. The average Bonchev–Trinajstić information content (AvgIpc) is 3.14. The monoisotopic (exact) mass is 481 g/mol. The van der Waals surface area contributed by atoms with Gasteiger partial charge in [0.2, 0.25) is 5.91 Å². The summed E-state index contributed by atoms with van der Waals surface area (Å²) in [4.78, 5) is 20.4. The van der Waals surface area contributed by atoms with Crippen LogP contribution < -0.4 is 10.2 Å². The van der Waals surface area contributed by atoms with Gasteiger partial charge in [-0.1, -0.05) is 11.6 Å². The van der Waals surface area contributed by atoms with Gasteiger partial charge < -0.3 is 15.1 Å². The molecule has 4 rings (SSSR count). The predicted octanol–water partition coefficient (Wildman–Crippen LogP) is 4.45. The van der Waals surface area contributed by atoms with E-state index in [-0.39, 0.29) is 28.2 Å². The number of carbonyl (C=O) groups is 1. The Labute approximate surface area is 192 Å². The number of hydrogen-bond donors (Lipinski definition) is 1. The number of anilines is 2. The zero-order valence-corrected chi connectivity index (χ0v) is 18.1. The number of aromatic nitrogens is 1. The summed E-state index contributed by atoms with van der Waals surface area (Å²) in [5.41, 5.74) is -0.523. The first-order valence-electron chi connectivity index (χ1n) is 10.4. The molecular formula is C22H20ClF4N5O. The third-order valence-corrected chi connectivity index (χ3v) is 6.30. The standard InChI is InChI=1S/C22H20ClF4N5O/c23-16-10-14(22(25,26)27)12-29-20(16)31-6-3-15(4-7-31)32-8-5-19(21(32)33)30-18-2-1-13(11-28)9-17(18)24/h1-2,9-10,12,15,19,30H,3-8H2/t19-/m0/s1. The number of hydrogen-bond acceptors (Lipinski definition) is 5. The molecule has 11 heteroatoms. The van der Waals surface area contributed by atoms with E-state index in [1.807, 2.05) is 11.0 Å². The Morgan fingerprint density at radius 1 is 1.15 bits per heavy atom. The number of carbonyl (C=O) groups excluding carboxylic acids is 1. The van der Waals surface area contributed by atoms with Gasteiger partial charge in [-0.15, -0.1) is 0 Å². The molecule has 0 bridgehead atoms. The van der Waals surface area contributed by atoms with Crippen LogP contribution in [0.1, 0.15) is 30.4 Å². The number of benzene rings is 1. The molecule has 1 aromatic heterocycles. The molecule has 0 aliphatic carbocycles. The van der Waals surface area contributed by atoms with E-state index in [0.29, 0.717) is 44.7 Å². The maximum absolute atomic E-state index is 14.2. The second-order valence-corrected chi connectivity index (χ2v) is 8.48. The zero-order valence-electron chi connectivity index (χ0n) is 17.4. The summed E-state index contributed by atoms with van der Waals surface area (Å²) in [5, 5.41) is 11.7. The third kappa shape index (κ3) is 4.83. The first-order chi connectivity index (χ1) is 15.7. The molecule has 0 spiro atoms. The highest BCUT2D eigenvalue weighted by molar-refractivity contribution is 6.33. The fourth-order valence-electron chi connectivity index (χ4n) is 4.30. The molecule has 1 atom stereocenters. The van der Waals surface area contributed by atoms with Gasteiger partial charge in [0, 0.05) is 31.9 Å². The molecule has 2 aliphatic rings. The van der Waals surface area contributed by atoms with Crippen LogP contribution in [0, 0.1) is 17.1 Å². The van der Waals surface area contributed by atoms with E-state index in [9.17, 15) is 22.4 Å². The van der Waals surface area contributed by atoms with Gasteiger partial charge in [0.05, 0.1) is 27.9 Å². The van der Waals surface area contributed by atoms with Crippen molar-refractivity contribution >= 4 is 29.0 Å². The number of nitriles is 1. The molecule has 0 saturated carbocycles. The zero-order chi connectivity index (χ0) is 23.8. The highest BCUT2D eigenvalue weighted by Crippen LogP contribution is 2.35. The molecule has 2 aliphatic heterocycles. The lowest BCUT2D eigenvalue weighted by atomic mass is 10.0. The molecule has 2 saturated heterocycles. The van der Waals surface area contributed by atoms with Gasteiger partial charge in [0.15, 0.2) is 0 Å². The van der Waals surface area contributed by atoms with Crippen molar-refractivity contribution in [2.75, 3.05) is 29.9 Å². The lowest BCUT2D eigenvalue weighted by Gasteiger charge is -2.37. The number of nitrogens with zero attached hydrogens (tertiary/aromatic N) is 4. The topological polar surface area (TPSA) is 72.3 Å². The molecule has 33 heavy (non-hydrogen) atoms. The van der Waals surface area contributed by atoms with Crippen molar-refractivity contribution in [2.45, 2.75) is 37.5 Å². The summed E-state index contributed by atoms with van der Waals surface area (Å²) >= 11 is 6.06.